The fraction of sp³-hybridized carbons (Fsp3) is 0.0870. The van der Waals surface area contributed by atoms with Gasteiger partial charge in [0.05, 0.1) is 11.2 Å². The minimum absolute atomic E-state index is 0.0106. The van der Waals surface area contributed by atoms with Crippen molar-refractivity contribution >= 4 is 10.9 Å². The number of aryl methyl sites for hydroxylation is 2. The second-order valence-electron chi connectivity index (χ2n) is 6.40. The Morgan fingerprint density at radius 3 is 2.20 bits per heavy atom. The van der Waals surface area contributed by atoms with Gasteiger partial charge in [0.15, 0.2) is 0 Å². The van der Waals surface area contributed by atoms with E-state index in [0.717, 1.165) is 33.3 Å². The molecule has 0 bridgehead atoms. The van der Waals surface area contributed by atoms with Gasteiger partial charge in [-0.2, -0.15) is 0 Å². The predicted molar refractivity (Wildman–Crippen MR) is 104 cm³/mol. The third kappa shape index (κ3) is 2.66. The number of aromatic nitrogens is 1. The summed E-state index contributed by atoms with van der Waals surface area (Å²) >= 11 is 0. The van der Waals surface area contributed by atoms with Crippen molar-refractivity contribution in [2.75, 3.05) is 0 Å². The molecule has 1 aromatic heterocycles. The Morgan fingerprint density at radius 1 is 0.760 bits per heavy atom. The van der Waals surface area contributed by atoms with Crippen LogP contribution in [0.5, 0.6) is 0 Å². The van der Waals surface area contributed by atoms with Gasteiger partial charge in [0.25, 0.3) is 5.56 Å². The number of hydrogen-bond donors (Lipinski definition) is 0. The van der Waals surface area contributed by atoms with Crippen LogP contribution in [0.2, 0.25) is 0 Å². The Bertz CT molecular complexity index is 1120. The molecule has 122 valence electrons. The second-order valence-corrected chi connectivity index (χ2v) is 6.40. The highest BCUT2D eigenvalue weighted by Gasteiger charge is 2.12. The molecule has 0 aliphatic carbocycles. The lowest BCUT2D eigenvalue weighted by Gasteiger charge is -2.15. The third-order valence-corrected chi connectivity index (χ3v) is 4.64. The molecule has 0 radical (unpaired) electrons. The molecule has 0 spiro atoms. The molecule has 0 atom stereocenters. The Morgan fingerprint density at radius 2 is 1.44 bits per heavy atom. The van der Waals surface area contributed by atoms with Crippen molar-refractivity contribution in [1.82, 2.24) is 4.57 Å². The Balaban J connectivity index is 2.08. The van der Waals surface area contributed by atoms with Crippen molar-refractivity contribution in [1.29, 1.82) is 0 Å². The van der Waals surface area contributed by atoms with Gasteiger partial charge in [-0.15, -0.1) is 0 Å². The molecule has 2 heteroatoms. The molecule has 0 aliphatic heterocycles. The summed E-state index contributed by atoms with van der Waals surface area (Å²) < 4.78 is 1.81. The lowest BCUT2D eigenvalue weighted by Crippen LogP contribution is -2.19. The average molecular weight is 325 g/mol. The molecule has 0 fully saturated rings. The van der Waals surface area contributed by atoms with Gasteiger partial charge in [-0.1, -0.05) is 66.2 Å². The van der Waals surface area contributed by atoms with E-state index in [-0.39, 0.29) is 5.56 Å². The van der Waals surface area contributed by atoms with Crippen molar-refractivity contribution in [3.8, 4) is 16.8 Å². The van der Waals surface area contributed by atoms with Crippen LogP contribution < -0.4 is 5.56 Å². The van der Waals surface area contributed by atoms with Crippen molar-refractivity contribution in [3.63, 3.8) is 0 Å². The van der Waals surface area contributed by atoms with Crippen LogP contribution in [0.15, 0.2) is 83.7 Å². The van der Waals surface area contributed by atoms with Crippen LogP contribution in [-0.2, 0) is 0 Å². The average Bonchev–Trinajstić information content (AvgIpc) is 2.63. The normalized spacial score (nSPS) is 11.0. The Kier molecular flexibility index (Phi) is 3.73. The van der Waals surface area contributed by atoms with Gasteiger partial charge in [-0.05, 0) is 42.7 Å². The van der Waals surface area contributed by atoms with Gasteiger partial charge in [0.2, 0.25) is 0 Å². The topological polar surface area (TPSA) is 22.0 Å². The lowest BCUT2D eigenvalue weighted by atomic mass is 9.99. The monoisotopic (exact) mass is 325 g/mol. The SMILES string of the molecule is Cc1ccc(-c2cc(=O)n(-c3ccccc3C)c3ccccc23)cc1. The van der Waals surface area contributed by atoms with Gasteiger partial charge < -0.3 is 0 Å². The van der Waals surface area contributed by atoms with E-state index in [1.165, 1.54) is 5.56 Å². The number of benzene rings is 3. The van der Waals surface area contributed by atoms with Gasteiger partial charge in [-0.25, -0.2) is 0 Å². The van der Waals surface area contributed by atoms with Crippen LogP contribution >= 0.6 is 0 Å². The van der Waals surface area contributed by atoms with Gasteiger partial charge in [-0.3, -0.25) is 9.36 Å². The molecular weight excluding hydrogens is 306 g/mol. The van der Waals surface area contributed by atoms with E-state index in [0.29, 0.717) is 0 Å². The standard InChI is InChI=1S/C23H19NO/c1-16-11-13-18(14-12-16)20-15-23(25)24(21-9-5-3-7-17(21)2)22-10-6-4-8-19(20)22/h3-15H,1-2H3. The summed E-state index contributed by atoms with van der Waals surface area (Å²) in [5.74, 6) is 0. The summed E-state index contributed by atoms with van der Waals surface area (Å²) in [5.41, 5.74) is 6.18. The first-order valence-corrected chi connectivity index (χ1v) is 8.43. The smallest absolute Gasteiger partial charge is 0.256 e. The number of nitrogens with zero attached hydrogens (tertiary/aromatic N) is 1. The fourth-order valence-corrected chi connectivity index (χ4v) is 3.32. The van der Waals surface area contributed by atoms with E-state index in [1.54, 1.807) is 6.07 Å². The maximum absolute atomic E-state index is 13.0. The van der Waals surface area contributed by atoms with Crippen molar-refractivity contribution in [3.05, 3.63) is 100 Å². The molecular formula is C23H19NO. The molecule has 25 heavy (non-hydrogen) atoms. The van der Waals surface area contributed by atoms with Gasteiger partial charge >= 0.3 is 0 Å². The molecule has 4 rings (SSSR count). The number of pyridine rings is 1. The summed E-state index contributed by atoms with van der Waals surface area (Å²) in [5, 5.41) is 1.08. The van der Waals surface area contributed by atoms with Crippen molar-refractivity contribution in [2.24, 2.45) is 0 Å². The molecule has 4 aromatic rings. The molecule has 2 nitrogen and oxygen atoms in total. The van der Waals surface area contributed by atoms with E-state index in [4.69, 9.17) is 0 Å². The Labute approximate surface area is 147 Å². The summed E-state index contributed by atoms with van der Waals surface area (Å²) in [4.78, 5) is 13.0. The van der Waals surface area contributed by atoms with E-state index < -0.39 is 0 Å². The maximum atomic E-state index is 13.0. The largest absolute Gasteiger partial charge is 0.277 e. The van der Waals surface area contributed by atoms with Crippen LogP contribution in [0.3, 0.4) is 0 Å². The van der Waals surface area contributed by atoms with Gasteiger partial charge in [0.1, 0.15) is 0 Å². The predicted octanol–water partition coefficient (Wildman–Crippen LogP) is 5.27. The first kappa shape index (κ1) is 15.4. The van der Waals surface area contributed by atoms with E-state index in [9.17, 15) is 4.79 Å². The van der Waals surface area contributed by atoms with E-state index >= 15 is 0 Å². The zero-order chi connectivity index (χ0) is 17.4. The summed E-state index contributed by atoms with van der Waals surface area (Å²) in [6.45, 7) is 4.10. The lowest BCUT2D eigenvalue weighted by molar-refractivity contribution is 1.03. The highest BCUT2D eigenvalue weighted by atomic mass is 16.1. The molecule has 3 aromatic carbocycles. The van der Waals surface area contributed by atoms with Crippen LogP contribution in [0, 0.1) is 13.8 Å². The molecule has 0 aliphatic rings. The number of rotatable bonds is 2. The van der Waals surface area contributed by atoms with Crippen molar-refractivity contribution < 1.29 is 0 Å². The molecule has 1 heterocycles. The highest BCUT2D eigenvalue weighted by Crippen LogP contribution is 2.29. The number of para-hydroxylation sites is 2. The van der Waals surface area contributed by atoms with E-state index in [2.05, 4.69) is 37.3 Å². The Hall–Kier alpha value is -3.13. The minimum Gasteiger partial charge on any atom is -0.277 e. The third-order valence-electron chi connectivity index (χ3n) is 4.64. The van der Waals surface area contributed by atoms with Crippen molar-refractivity contribution in [2.45, 2.75) is 13.8 Å². The van der Waals surface area contributed by atoms with Crippen LogP contribution in [0.4, 0.5) is 0 Å². The molecule has 0 amide bonds. The molecule has 0 saturated heterocycles. The first-order chi connectivity index (χ1) is 12.1. The number of hydrogen-bond acceptors (Lipinski definition) is 1. The summed E-state index contributed by atoms with van der Waals surface area (Å²) in [7, 11) is 0. The molecule has 0 saturated carbocycles. The fourth-order valence-electron chi connectivity index (χ4n) is 3.32. The van der Waals surface area contributed by atoms with Crippen LogP contribution in [0.1, 0.15) is 11.1 Å². The minimum atomic E-state index is -0.0106. The zero-order valence-corrected chi connectivity index (χ0v) is 14.4. The number of fused-ring (bicyclic) bond motifs is 1. The van der Waals surface area contributed by atoms with E-state index in [1.807, 2.05) is 54.0 Å². The molecule has 0 unspecified atom stereocenters. The van der Waals surface area contributed by atoms with Gasteiger partial charge in [0, 0.05) is 11.5 Å². The quantitative estimate of drug-likeness (QED) is 0.492. The first-order valence-electron chi connectivity index (χ1n) is 8.43. The summed E-state index contributed by atoms with van der Waals surface area (Å²) in [6.07, 6.45) is 0. The molecule has 0 N–H and O–H groups in total. The second kappa shape index (κ2) is 6.06. The highest BCUT2D eigenvalue weighted by molar-refractivity contribution is 5.95. The van der Waals surface area contributed by atoms with Crippen LogP contribution in [0.25, 0.3) is 27.7 Å². The zero-order valence-electron chi connectivity index (χ0n) is 14.4. The maximum Gasteiger partial charge on any atom is 0.256 e. The summed E-state index contributed by atoms with van der Waals surface area (Å²) in [6, 6.07) is 26.2. The van der Waals surface area contributed by atoms with Crippen LogP contribution in [-0.4, -0.2) is 4.57 Å².